The van der Waals surface area contributed by atoms with Crippen molar-refractivity contribution in [1.82, 2.24) is 15.5 Å². The topological polar surface area (TPSA) is 85.3 Å². The van der Waals surface area contributed by atoms with E-state index < -0.39 is 6.03 Å². The molecular weight excluding hydrogens is 244 g/mol. The zero-order valence-electron chi connectivity index (χ0n) is 9.55. The Bertz CT molecular complexity index is 363. The smallest absolute Gasteiger partial charge is 0.325 e. The Kier molecular flexibility index (Phi) is 4.96. The minimum absolute atomic E-state index is 0.300. The first-order valence-corrected chi connectivity index (χ1v) is 5.61. The van der Waals surface area contributed by atoms with Gasteiger partial charge >= 0.3 is 6.03 Å². The highest BCUT2D eigenvalue weighted by Gasteiger charge is 2.19. The first-order valence-electron chi connectivity index (χ1n) is 5.23. The van der Waals surface area contributed by atoms with E-state index in [1.54, 1.807) is 6.92 Å². The second-order valence-electron chi connectivity index (χ2n) is 3.70. The molecule has 1 fully saturated rings. The van der Waals surface area contributed by atoms with E-state index in [0.29, 0.717) is 29.5 Å². The molecule has 3 N–H and O–H groups in total. The summed E-state index contributed by atoms with van der Waals surface area (Å²) in [6, 6.07) is -0.624. The van der Waals surface area contributed by atoms with Gasteiger partial charge in [-0.1, -0.05) is 11.6 Å². The molecule has 1 aliphatic rings. The van der Waals surface area contributed by atoms with E-state index in [1.165, 1.54) is 0 Å². The molecule has 6 nitrogen and oxygen atoms in total. The molecule has 0 bridgehead atoms. The lowest BCUT2D eigenvalue weighted by molar-refractivity contribution is -0.108. The number of hydrogen-bond acceptors (Lipinski definition) is 3. The van der Waals surface area contributed by atoms with E-state index in [-0.39, 0.29) is 0 Å². The van der Waals surface area contributed by atoms with Gasteiger partial charge in [-0.15, -0.1) is 0 Å². The number of carbonyl (C=O) groups is 2. The monoisotopic (exact) mass is 258 g/mol. The number of halogens is 1. The van der Waals surface area contributed by atoms with Gasteiger partial charge in [0.1, 0.15) is 0 Å². The zero-order chi connectivity index (χ0) is 12.8. The summed E-state index contributed by atoms with van der Waals surface area (Å²) in [7, 11) is 0. The van der Waals surface area contributed by atoms with Gasteiger partial charge in [0.25, 0.3) is 0 Å². The van der Waals surface area contributed by atoms with Crippen molar-refractivity contribution >= 4 is 29.9 Å². The molecule has 17 heavy (non-hydrogen) atoms. The summed E-state index contributed by atoms with van der Waals surface area (Å²) in [5, 5.41) is 12.6. The number of likely N-dealkylation sites (tertiary alicyclic amines) is 1. The van der Waals surface area contributed by atoms with Crippen molar-refractivity contribution in [1.29, 1.82) is 5.41 Å². The predicted octanol–water partition coefficient (Wildman–Crippen LogP) is 0.985. The van der Waals surface area contributed by atoms with E-state index in [1.807, 2.05) is 10.2 Å². The number of nitrogens with one attached hydrogen (secondary N) is 3. The third-order valence-corrected chi connectivity index (χ3v) is 2.67. The molecule has 1 saturated heterocycles. The molecule has 0 atom stereocenters. The maximum Gasteiger partial charge on any atom is 0.325 e. The molecule has 0 aromatic heterocycles. The fourth-order valence-corrected chi connectivity index (χ4v) is 1.66. The van der Waals surface area contributed by atoms with Crippen LogP contribution in [0.15, 0.2) is 10.7 Å². The van der Waals surface area contributed by atoms with Gasteiger partial charge in [-0.25, -0.2) is 4.79 Å². The normalized spacial score (nSPS) is 16.6. The average molecular weight is 259 g/mol. The van der Waals surface area contributed by atoms with Gasteiger partial charge < -0.3 is 10.2 Å². The van der Waals surface area contributed by atoms with Crippen LogP contribution in [0.2, 0.25) is 0 Å². The van der Waals surface area contributed by atoms with Gasteiger partial charge in [0.15, 0.2) is 0 Å². The second kappa shape index (κ2) is 6.24. The Hall–Kier alpha value is -1.56. The second-order valence-corrected chi connectivity index (χ2v) is 4.27. The highest BCUT2D eigenvalue weighted by Crippen LogP contribution is 2.14. The molecule has 0 aliphatic carbocycles. The lowest BCUT2D eigenvalue weighted by atomic mass is 10.3. The van der Waals surface area contributed by atoms with E-state index in [0.717, 1.165) is 19.4 Å². The highest BCUT2D eigenvalue weighted by molar-refractivity contribution is 6.29. The SMILES string of the molecule is C/C(Cl)=C(/CN1CCCC1=N)NC(=O)NC=O. The highest BCUT2D eigenvalue weighted by atomic mass is 35.5. The summed E-state index contributed by atoms with van der Waals surface area (Å²) in [6.07, 6.45) is 1.98. The molecule has 1 heterocycles. The standard InChI is InChI=1S/C10H15ClN4O2/c1-7(11)8(14-10(17)13-6-16)5-15-4-2-3-9(15)12/h6,12H,2-5H2,1H3,(H2,13,14,16,17)/b8-7+,12-9?. The van der Waals surface area contributed by atoms with E-state index in [9.17, 15) is 9.59 Å². The number of amides is 3. The molecule has 0 spiro atoms. The number of urea groups is 1. The van der Waals surface area contributed by atoms with Crippen LogP contribution < -0.4 is 10.6 Å². The fourth-order valence-electron chi connectivity index (χ4n) is 1.56. The van der Waals surface area contributed by atoms with Gasteiger partial charge in [0.2, 0.25) is 6.41 Å². The summed E-state index contributed by atoms with van der Waals surface area (Å²) in [5.74, 6) is 0.540. The molecule has 0 aromatic rings. The van der Waals surface area contributed by atoms with Crippen LogP contribution in [-0.2, 0) is 4.79 Å². The van der Waals surface area contributed by atoms with Crippen LogP contribution >= 0.6 is 11.6 Å². The van der Waals surface area contributed by atoms with Crippen LogP contribution in [-0.4, -0.2) is 36.3 Å². The summed E-state index contributed by atoms with van der Waals surface area (Å²) in [6.45, 7) is 2.81. The van der Waals surface area contributed by atoms with Crippen LogP contribution in [0.3, 0.4) is 0 Å². The Morgan fingerprint density at radius 1 is 1.65 bits per heavy atom. The number of allylic oxidation sites excluding steroid dienone is 1. The number of rotatable bonds is 4. The van der Waals surface area contributed by atoms with Gasteiger partial charge in [0.05, 0.1) is 18.1 Å². The van der Waals surface area contributed by atoms with E-state index >= 15 is 0 Å². The third-order valence-electron chi connectivity index (χ3n) is 2.44. The summed E-state index contributed by atoms with van der Waals surface area (Å²) in [4.78, 5) is 23.1. The van der Waals surface area contributed by atoms with Crippen molar-refractivity contribution in [3.8, 4) is 0 Å². The van der Waals surface area contributed by atoms with Gasteiger partial charge in [0, 0.05) is 18.0 Å². The maximum absolute atomic E-state index is 11.2. The number of nitrogens with zero attached hydrogens (tertiary/aromatic N) is 1. The van der Waals surface area contributed by atoms with Crippen molar-refractivity contribution in [3.05, 3.63) is 10.7 Å². The number of amidine groups is 1. The molecular formula is C10H15ClN4O2. The lowest BCUT2D eigenvalue weighted by Gasteiger charge is -2.20. The Balaban J connectivity index is 2.61. The third kappa shape index (κ3) is 4.07. The molecule has 3 amide bonds. The molecule has 94 valence electrons. The Morgan fingerprint density at radius 2 is 2.35 bits per heavy atom. The van der Waals surface area contributed by atoms with Crippen molar-refractivity contribution in [3.63, 3.8) is 0 Å². The summed E-state index contributed by atoms with van der Waals surface area (Å²) in [5.41, 5.74) is 0.498. The summed E-state index contributed by atoms with van der Waals surface area (Å²) >= 11 is 5.87. The van der Waals surface area contributed by atoms with E-state index in [2.05, 4.69) is 5.32 Å². The average Bonchev–Trinajstić information content (AvgIpc) is 2.63. The van der Waals surface area contributed by atoms with Crippen LogP contribution in [0, 0.1) is 5.41 Å². The summed E-state index contributed by atoms with van der Waals surface area (Å²) < 4.78 is 0. The predicted molar refractivity (Wildman–Crippen MR) is 64.8 cm³/mol. The molecule has 0 aromatic carbocycles. The maximum atomic E-state index is 11.2. The molecule has 1 rings (SSSR count). The van der Waals surface area contributed by atoms with Crippen LogP contribution in [0.25, 0.3) is 0 Å². The Morgan fingerprint density at radius 3 is 2.82 bits per heavy atom. The van der Waals surface area contributed by atoms with Crippen LogP contribution in [0.1, 0.15) is 19.8 Å². The minimum Gasteiger partial charge on any atom is -0.355 e. The van der Waals surface area contributed by atoms with Gasteiger partial charge in [-0.05, 0) is 13.3 Å². The number of carbonyl (C=O) groups excluding carboxylic acids is 2. The Labute approximate surface area is 104 Å². The molecule has 1 aliphatic heterocycles. The van der Waals surface area contributed by atoms with Crippen molar-refractivity contribution in [2.45, 2.75) is 19.8 Å². The number of hydrogen-bond donors (Lipinski definition) is 3. The van der Waals surface area contributed by atoms with Crippen LogP contribution in [0.5, 0.6) is 0 Å². The fraction of sp³-hybridized carbons (Fsp3) is 0.500. The first kappa shape index (κ1) is 13.5. The minimum atomic E-state index is -0.624. The largest absolute Gasteiger partial charge is 0.355 e. The van der Waals surface area contributed by atoms with Crippen molar-refractivity contribution in [2.24, 2.45) is 0 Å². The van der Waals surface area contributed by atoms with Crippen molar-refractivity contribution < 1.29 is 9.59 Å². The van der Waals surface area contributed by atoms with Gasteiger partial charge in [-0.3, -0.25) is 15.5 Å². The molecule has 7 heteroatoms. The molecule has 0 radical (unpaired) electrons. The zero-order valence-corrected chi connectivity index (χ0v) is 10.3. The van der Waals surface area contributed by atoms with Crippen LogP contribution in [0.4, 0.5) is 4.79 Å². The molecule has 0 saturated carbocycles. The number of imide groups is 1. The van der Waals surface area contributed by atoms with Crippen molar-refractivity contribution in [2.75, 3.05) is 13.1 Å². The first-order chi connectivity index (χ1) is 8.04. The lowest BCUT2D eigenvalue weighted by Crippen LogP contribution is -2.39. The quantitative estimate of drug-likeness (QED) is 0.657. The van der Waals surface area contributed by atoms with Gasteiger partial charge in [-0.2, -0.15) is 0 Å². The van der Waals surface area contributed by atoms with E-state index in [4.69, 9.17) is 17.0 Å². The molecule has 0 unspecified atom stereocenters.